The molecule has 1 aromatic heterocycles. The number of allylic oxidation sites excluding steroid dienone is 2. The van der Waals surface area contributed by atoms with Gasteiger partial charge in [-0.25, -0.2) is 4.68 Å². The first-order chi connectivity index (χ1) is 9.09. The van der Waals surface area contributed by atoms with Crippen molar-refractivity contribution in [1.29, 1.82) is 0 Å². The molecule has 19 heavy (non-hydrogen) atoms. The smallest absolute Gasteiger partial charge is 0.0862 e. The van der Waals surface area contributed by atoms with E-state index in [1.54, 1.807) is 5.57 Å². The van der Waals surface area contributed by atoms with Gasteiger partial charge in [-0.15, -0.1) is 5.10 Å². The van der Waals surface area contributed by atoms with Gasteiger partial charge in [0.2, 0.25) is 0 Å². The van der Waals surface area contributed by atoms with Crippen molar-refractivity contribution in [2.24, 2.45) is 5.92 Å². The fourth-order valence-electron chi connectivity index (χ4n) is 2.86. The van der Waals surface area contributed by atoms with E-state index in [2.05, 4.69) is 48.8 Å². The number of aromatic nitrogens is 3. The molecular weight excluding hydrogens is 234 g/mol. The highest BCUT2D eigenvalue weighted by Crippen LogP contribution is 2.23. The molecule has 0 atom stereocenters. The second kappa shape index (κ2) is 6.36. The minimum Gasteiger partial charge on any atom is -0.247 e. The van der Waals surface area contributed by atoms with Gasteiger partial charge in [-0.2, -0.15) is 0 Å². The third-order valence-corrected chi connectivity index (χ3v) is 4.02. The van der Waals surface area contributed by atoms with Gasteiger partial charge in [0, 0.05) is 6.04 Å². The van der Waals surface area contributed by atoms with Gasteiger partial charge in [0.05, 0.1) is 11.4 Å². The second-order valence-corrected chi connectivity index (χ2v) is 6.20. The summed E-state index contributed by atoms with van der Waals surface area (Å²) in [6.45, 7) is 8.98. The summed E-state index contributed by atoms with van der Waals surface area (Å²) in [6.07, 6.45) is 9.51. The van der Waals surface area contributed by atoms with Crippen LogP contribution in [0.1, 0.15) is 70.8 Å². The zero-order chi connectivity index (χ0) is 13.8. The molecule has 0 fully saturated rings. The van der Waals surface area contributed by atoms with E-state index in [0.29, 0.717) is 12.0 Å². The van der Waals surface area contributed by atoms with Crippen LogP contribution < -0.4 is 0 Å². The summed E-state index contributed by atoms with van der Waals surface area (Å²) in [5.41, 5.74) is 4.21. The standard InChI is InChI=1S/C16H27N3/c1-12(2)14-8-5-6-11-16-15(10-7-9-14)17-18-19(16)13(3)4/h9,12-13H,5-8,10-11H2,1-4H3/b14-9+. The molecule has 1 heterocycles. The Kier molecular flexibility index (Phi) is 4.78. The van der Waals surface area contributed by atoms with Gasteiger partial charge in [-0.3, -0.25) is 0 Å². The van der Waals surface area contributed by atoms with Gasteiger partial charge in [0.25, 0.3) is 0 Å². The minimum absolute atomic E-state index is 0.418. The molecule has 3 heteroatoms. The van der Waals surface area contributed by atoms with Crippen LogP contribution >= 0.6 is 0 Å². The Hall–Kier alpha value is -1.12. The summed E-state index contributed by atoms with van der Waals surface area (Å²) in [5, 5.41) is 8.75. The van der Waals surface area contributed by atoms with Crippen LogP contribution in [0.2, 0.25) is 0 Å². The van der Waals surface area contributed by atoms with E-state index < -0.39 is 0 Å². The van der Waals surface area contributed by atoms with E-state index in [9.17, 15) is 0 Å². The summed E-state index contributed by atoms with van der Waals surface area (Å²) in [4.78, 5) is 0. The first-order valence-electron chi connectivity index (χ1n) is 7.71. The van der Waals surface area contributed by atoms with Crippen LogP contribution in [0, 0.1) is 5.92 Å². The zero-order valence-corrected chi connectivity index (χ0v) is 12.8. The van der Waals surface area contributed by atoms with E-state index in [0.717, 1.165) is 19.3 Å². The number of fused-ring (bicyclic) bond motifs is 1. The molecule has 1 aliphatic rings. The van der Waals surface area contributed by atoms with Gasteiger partial charge in [-0.1, -0.05) is 30.7 Å². The predicted molar refractivity (Wildman–Crippen MR) is 79.2 cm³/mol. The number of hydrogen-bond donors (Lipinski definition) is 0. The average Bonchev–Trinajstić information content (AvgIpc) is 2.76. The molecule has 1 aliphatic carbocycles. The fraction of sp³-hybridized carbons (Fsp3) is 0.750. The predicted octanol–water partition coefficient (Wildman–Crippen LogP) is 4.10. The molecule has 0 aliphatic heterocycles. The van der Waals surface area contributed by atoms with Gasteiger partial charge < -0.3 is 0 Å². The molecule has 0 bridgehead atoms. The number of hydrogen-bond acceptors (Lipinski definition) is 2. The molecule has 0 spiro atoms. The Bertz CT molecular complexity index is 441. The SMILES string of the molecule is CC(C)/C1=C/CCc2nnn(C(C)C)c2CCCC1. The van der Waals surface area contributed by atoms with Crippen molar-refractivity contribution in [3.8, 4) is 0 Å². The fourth-order valence-corrected chi connectivity index (χ4v) is 2.86. The summed E-state index contributed by atoms with van der Waals surface area (Å²) in [7, 11) is 0. The minimum atomic E-state index is 0.418. The highest BCUT2D eigenvalue weighted by atomic mass is 15.4. The van der Waals surface area contributed by atoms with Crippen LogP contribution in [-0.4, -0.2) is 15.0 Å². The third-order valence-electron chi connectivity index (χ3n) is 4.02. The van der Waals surface area contributed by atoms with Crippen LogP contribution in [0.3, 0.4) is 0 Å². The molecule has 3 nitrogen and oxygen atoms in total. The van der Waals surface area contributed by atoms with Crippen molar-refractivity contribution < 1.29 is 0 Å². The monoisotopic (exact) mass is 261 g/mol. The van der Waals surface area contributed by atoms with Crippen molar-refractivity contribution in [2.75, 3.05) is 0 Å². The third kappa shape index (κ3) is 3.46. The Morgan fingerprint density at radius 1 is 1.05 bits per heavy atom. The Balaban J connectivity index is 2.19. The molecule has 0 amide bonds. The van der Waals surface area contributed by atoms with Gasteiger partial charge in [-0.05, 0) is 58.3 Å². The molecule has 0 saturated carbocycles. The molecule has 2 rings (SSSR count). The molecule has 1 aromatic rings. The first kappa shape index (κ1) is 14.3. The van der Waals surface area contributed by atoms with Gasteiger partial charge in [0.1, 0.15) is 0 Å². The van der Waals surface area contributed by atoms with Crippen molar-refractivity contribution in [2.45, 2.75) is 72.3 Å². The molecule has 0 saturated heterocycles. The number of aryl methyl sites for hydroxylation is 1. The Labute approximate surface area is 117 Å². The normalized spacial score (nSPS) is 20.2. The van der Waals surface area contributed by atoms with Gasteiger partial charge in [0.15, 0.2) is 0 Å². The quantitative estimate of drug-likeness (QED) is 0.750. The first-order valence-corrected chi connectivity index (χ1v) is 7.71. The highest BCUT2D eigenvalue weighted by molar-refractivity contribution is 5.14. The van der Waals surface area contributed by atoms with Gasteiger partial charge >= 0.3 is 0 Å². The topological polar surface area (TPSA) is 30.7 Å². The maximum absolute atomic E-state index is 4.41. The van der Waals surface area contributed by atoms with E-state index >= 15 is 0 Å². The van der Waals surface area contributed by atoms with Crippen molar-refractivity contribution in [3.63, 3.8) is 0 Å². The maximum Gasteiger partial charge on any atom is 0.0862 e. The number of rotatable bonds is 2. The summed E-state index contributed by atoms with van der Waals surface area (Å²) in [6, 6.07) is 0.418. The van der Waals surface area contributed by atoms with Crippen LogP contribution in [0.5, 0.6) is 0 Å². The van der Waals surface area contributed by atoms with E-state index in [1.165, 1.54) is 30.7 Å². The van der Waals surface area contributed by atoms with Crippen molar-refractivity contribution in [1.82, 2.24) is 15.0 Å². The average molecular weight is 261 g/mol. The van der Waals surface area contributed by atoms with Crippen LogP contribution in [0.15, 0.2) is 11.6 Å². The maximum atomic E-state index is 4.41. The largest absolute Gasteiger partial charge is 0.247 e. The Morgan fingerprint density at radius 2 is 1.79 bits per heavy atom. The zero-order valence-electron chi connectivity index (χ0n) is 12.8. The lowest BCUT2D eigenvalue weighted by atomic mass is 9.93. The molecular formula is C16H27N3. The molecule has 106 valence electrons. The van der Waals surface area contributed by atoms with Crippen LogP contribution in [-0.2, 0) is 12.8 Å². The van der Waals surface area contributed by atoms with E-state index in [-0.39, 0.29) is 0 Å². The Morgan fingerprint density at radius 3 is 2.47 bits per heavy atom. The van der Waals surface area contributed by atoms with Crippen LogP contribution in [0.4, 0.5) is 0 Å². The molecule has 0 radical (unpaired) electrons. The second-order valence-electron chi connectivity index (χ2n) is 6.20. The summed E-state index contributed by atoms with van der Waals surface area (Å²) < 4.78 is 2.12. The summed E-state index contributed by atoms with van der Waals surface area (Å²) in [5.74, 6) is 0.685. The van der Waals surface area contributed by atoms with E-state index in [1.807, 2.05) is 0 Å². The van der Waals surface area contributed by atoms with E-state index in [4.69, 9.17) is 0 Å². The lowest BCUT2D eigenvalue weighted by Crippen LogP contribution is -2.09. The lowest BCUT2D eigenvalue weighted by molar-refractivity contribution is 0.488. The highest BCUT2D eigenvalue weighted by Gasteiger charge is 2.15. The van der Waals surface area contributed by atoms with Crippen molar-refractivity contribution >= 4 is 0 Å². The summed E-state index contributed by atoms with van der Waals surface area (Å²) >= 11 is 0. The molecule has 0 N–H and O–H groups in total. The molecule has 0 aromatic carbocycles. The number of nitrogens with zero attached hydrogens (tertiary/aromatic N) is 3. The molecule has 0 unspecified atom stereocenters. The van der Waals surface area contributed by atoms with Crippen LogP contribution in [0.25, 0.3) is 0 Å². The lowest BCUT2D eigenvalue weighted by Gasteiger charge is -2.15. The van der Waals surface area contributed by atoms with Crippen molar-refractivity contribution in [3.05, 3.63) is 23.0 Å².